The van der Waals surface area contributed by atoms with E-state index in [0.717, 1.165) is 0 Å². The summed E-state index contributed by atoms with van der Waals surface area (Å²) in [5, 5.41) is 13.9. The minimum atomic E-state index is -1.15. The fourth-order valence-electron chi connectivity index (χ4n) is 2.57. The maximum atomic E-state index is 12.3. The third kappa shape index (κ3) is 4.83. The van der Waals surface area contributed by atoms with Crippen LogP contribution in [-0.4, -0.2) is 39.1 Å². The maximum Gasteiger partial charge on any atom is 0.339 e. The van der Waals surface area contributed by atoms with E-state index in [9.17, 15) is 19.5 Å². The number of amides is 3. The summed E-state index contributed by atoms with van der Waals surface area (Å²) in [6, 6.07) is 8.05. The number of anilines is 1. The molecule has 0 spiro atoms. The molecule has 0 bridgehead atoms. The molecule has 9 heteroatoms. The minimum Gasteiger partial charge on any atom is -0.490 e. The highest BCUT2D eigenvalue weighted by Gasteiger charge is 2.16. The summed E-state index contributed by atoms with van der Waals surface area (Å²) in [5.74, 6) is -1.65. The molecule has 1 heterocycles. The summed E-state index contributed by atoms with van der Waals surface area (Å²) in [5.41, 5.74) is 1.65. The van der Waals surface area contributed by atoms with Gasteiger partial charge in [-0.25, -0.2) is 9.59 Å². The molecule has 9 nitrogen and oxygen atoms in total. The van der Waals surface area contributed by atoms with Crippen LogP contribution in [0.1, 0.15) is 34.6 Å². The third-order valence-corrected chi connectivity index (χ3v) is 3.79. The molecule has 0 fully saturated rings. The fraction of sp³-hybridized carbons (Fsp3) is 0.150. The zero-order valence-electron chi connectivity index (χ0n) is 15.7. The monoisotopic (exact) mass is 394 g/mol. The first-order valence-electron chi connectivity index (χ1n) is 8.70. The van der Waals surface area contributed by atoms with E-state index in [1.807, 2.05) is 0 Å². The van der Waals surface area contributed by atoms with Crippen LogP contribution in [0.15, 0.2) is 48.8 Å². The van der Waals surface area contributed by atoms with Crippen molar-refractivity contribution in [2.75, 3.05) is 5.32 Å². The van der Waals surface area contributed by atoms with E-state index in [2.05, 4.69) is 20.6 Å². The lowest BCUT2D eigenvalue weighted by molar-refractivity contribution is 0.0690. The van der Waals surface area contributed by atoms with Crippen molar-refractivity contribution in [2.24, 2.45) is 0 Å². The Balaban J connectivity index is 1.72. The molecule has 3 rings (SSSR count). The van der Waals surface area contributed by atoms with Crippen LogP contribution in [0.2, 0.25) is 0 Å². The van der Waals surface area contributed by atoms with Gasteiger partial charge in [-0.05, 0) is 44.2 Å². The van der Waals surface area contributed by atoms with Crippen molar-refractivity contribution in [3.8, 4) is 5.75 Å². The van der Waals surface area contributed by atoms with E-state index in [4.69, 9.17) is 4.74 Å². The van der Waals surface area contributed by atoms with Gasteiger partial charge in [-0.2, -0.15) is 0 Å². The number of fused-ring (bicyclic) bond motifs is 1. The van der Waals surface area contributed by atoms with Crippen molar-refractivity contribution in [3.63, 3.8) is 0 Å². The number of nitrogens with zero attached hydrogens (tertiary/aromatic N) is 2. The third-order valence-electron chi connectivity index (χ3n) is 3.79. The summed E-state index contributed by atoms with van der Waals surface area (Å²) < 4.78 is 5.49. The molecule has 3 aromatic rings. The molecule has 0 aliphatic rings. The first kappa shape index (κ1) is 19.7. The number of aromatic carboxylic acids is 1. The number of imide groups is 1. The number of urea groups is 1. The number of aromatic nitrogens is 2. The molecule has 3 amide bonds. The molecular formula is C20H18N4O5. The zero-order chi connectivity index (χ0) is 21.0. The SMILES string of the molecule is CC(C)Oc1cc(NC(=O)NC(=O)c2ccc3nccnc3c2)ccc1C(=O)O. The molecule has 3 N–H and O–H groups in total. The summed E-state index contributed by atoms with van der Waals surface area (Å²) >= 11 is 0. The summed E-state index contributed by atoms with van der Waals surface area (Å²) in [4.78, 5) is 44.0. The molecule has 148 valence electrons. The average Bonchev–Trinajstić information content (AvgIpc) is 2.67. The van der Waals surface area contributed by atoms with E-state index < -0.39 is 17.9 Å². The summed E-state index contributed by atoms with van der Waals surface area (Å²) in [7, 11) is 0. The molecular weight excluding hydrogens is 376 g/mol. The Morgan fingerprint density at radius 2 is 1.72 bits per heavy atom. The number of nitrogens with one attached hydrogen (secondary N) is 2. The Bertz CT molecular complexity index is 1100. The predicted molar refractivity (Wildman–Crippen MR) is 105 cm³/mol. The number of carbonyl (C=O) groups excluding carboxylic acids is 2. The van der Waals surface area contributed by atoms with Gasteiger partial charge < -0.3 is 15.2 Å². The van der Waals surface area contributed by atoms with E-state index in [1.54, 1.807) is 26.1 Å². The van der Waals surface area contributed by atoms with Gasteiger partial charge in [-0.15, -0.1) is 0 Å². The minimum absolute atomic E-state index is 0.0296. The largest absolute Gasteiger partial charge is 0.490 e. The number of carboxylic acids is 1. The molecule has 0 saturated carbocycles. The topological polar surface area (TPSA) is 131 Å². The van der Waals surface area contributed by atoms with Gasteiger partial charge in [0.2, 0.25) is 0 Å². The normalized spacial score (nSPS) is 10.6. The second-order valence-corrected chi connectivity index (χ2v) is 6.35. The van der Waals surface area contributed by atoms with Crippen LogP contribution in [0.25, 0.3) is 11.0 Å². The Kier molecular flexibility index (Phi) is 5.68. The number of hydrogen-bond acceptors (Lipinski definition) is 6. The van der Waals surface area contributed by atoms with Crippen molar-refractivity contribution in [2.45, 2.75) is 20.0 Å². The van der Waals surface area contributed by atoms with Gasteiger partial charge in [-0.1, -0.05) is 0 Å². The Morgan fingerprint density at radius 1 is 1.00 bits per heavy atom. The van der Waals surface area contributed by atoms with E-state index in [-0.39, 0.29) is 28.7 Å². The molecule has 2 aromatic carbocycles. The lowest BCUT2D eigenvalue weighted by Gasteiger charge is -2.14. The van der Waals surface area contributed by atoms with Crippen LogP contribution in [0.3, 0.4) is 0 Å². The first-order chi connectivity index (χ1) is 13.8. The van der Waals surface area contributed by atoms with Crippen LogP contribution < -0.4 is 15.4 Å². The number of rotatable bonds is 5. The summed E-state index contributed by atoms with van der Waals surface area (Å²) in [6.45, 7) is 3.51. The van der Waals surface area contributed by atoms with Crippen LogP contribution in [-0.2, 0) is 0 Å². The average molecular weight is 394 g/mol. The van der Waals surface area contributed by atoms with Crippen LogP contribution in [0, 0.1) is 0 Å². The van der Waals surface area contributed by atoms with Gasteiger partial charge in [0.05, 0.1) is 17.1 Å². The standard InChI is InChI=1S/C20H18N4O5/c1-11(2)29-17-10-13(4-5-14(17)19(26)27)23-20(28)24-18(25)12-3-6-15-16(9-12)22-8-7-21-15/h3-11H,1-2H3,(H,26,27)(H2,23,24,25,28). The highest BCUT2D eigenvalue weighted by molar-refractivity contribution is 6.09. The van der Waals surface area contributed by atoms with Crippen molar-refractivity contribution in [1.29, 1.82) is 0 Å². The van der Waals surface area contributed by atoms with E-state index in [0.29, 0.717) is 11.0 Å². The van der Waals surface area contributed by atoms with Gasteiger partial charge in [0.1, 0.15) is 11.3 Å². The summed E-state index contributed by atoms with van der Waals surface area (Å²) in [6.07, 6.45) is 2.80. The van der Waals surface area contributed by atoms with Crippen molar-refractivity contribution in [1.82, 2.24) is 15.3 Å². The van der Waals surface area contributed by atoms with Crippen molar-refractivity contribution < 1.29 is 24.2 Å². The van der Waals surface area contributed by atoms with Crippen LogP contribution >= 0.6 is 0 Å². The van der Waals surface area contributed by atoms with E-state index >= 15 is 0 Å². The number of carboxylic acid groups (broad SMARTS) is 1. The second-order valence-electron chi connectivity index (χ2n) is 6.35. The molecule has 0 unspecified atom stereocenters. The zero-order valence-corrected chi connectivity index (χ0v) is 15.7. The number of ether oxygens (including phenoxy) is 1. The number of benzene rings is 2. The highest BCUT2D eigenvalue weighted by atomic mass is 16.5. The molecule has 29 heavy (non-hydrogen) atoms. The van der Waals surface area contributed by atoms with Gasteiger partial charge in [0.25, 0.3) is 5.91 Å². The smallest absolute Gasteiger partial charge is 0.339 e. The molecule has 1 aromatic heterocycles. The Labute approximate surface area is 165 Å². The maximum absolute atomic E-state index is 12.3. The van der Waals surface area contributed by atoms with Crippen LogP contribution in [0.4, 0.5) is 10.5 Å². The van der Waals surface area contributed by atoms with Gasteiger partial charge in [0, 0.05) is 29.7 Å². The van der Waals surface area contributed by atoms with Crippen molar-refractivity contribution in [3.05, 3.63) is 59.9 Å². The predicted octanol–water partition coefficient (Wildman–Crippen LogP) is 3.08. The van der Waals surface area contributed by atoms with Crippen LogP contribution in [0.5, 0.6) is 5.75 Å². The quantitative estimate of drug-likeness (QED) is 0.606. The van der Waals surface area contributed by atoms with Gasteiger partial charge >= 0.3 is 12.0 Å². The number of hydrogen-bond donors (Lipinski definition) is 3. The van der Waals surface area contributed by atoms with Gasteiger partial charge in [-0.3, -0.25) is 20.1 Å². The Morgan fingerprint density at radius 3 is 2.41 bits per heavy atom. The highest BCUT2D eigenvalue weighted by Crippen LogP contribution is 2.24. The molecule has 0 saturated heterocycles. The molecule has 0 radical (unpaired) electrons. The van der Waals surface area contributed by atoms with Gasteiger partial charge in [0.15, 0.2) is 0 Å². The lowest BCUT2D eigenvalue weighted by Crippen LogP contribution is -2.34. The molecule has 0 aliphatic heterocycles. The Hall–Kier alpha value is -4.01. The lowest BCUT2D eigenvalue weighted by atomic mass is 10.1. The first-order valence-corrected chi connectivity index (χ1v) is 8.70. The molecule has 0 aliphatic carbocycles. The number of carbonyl (C=O) groups is 3. The van der Waals surface area contributed by atoms with Crippen molar-refractivity contribution >= 4 is 34.6 Å². The van der Waals surface area contributed by atoms with E-state index in [1.165, 1.54) is 36.5 Å². The fourth-order valence-corrected chi connectivity index (χ4v) is 2.57. The second kappa shape index (κ2) is 8.34. The molecule has 0 atom stereocenters.